The summed E-state index contributed by atoms with van der Waals surface area (Å²) in [7, 11) is 0. The fourth-order valence-corrected chi connectivity index (χ4v) is 16.7. The number of hydrogen-bond acceptors (Lipinski definition) is 32. The maximum Gasteiger partial charge on any atom is 0.293 e. The van der Waals surface area contributed by atoms with Gasteiger partial charge in [-0.05, 0) is 136 Å². The molecule has 674 valence electrons. The first-order valence-corrected chi connectivity index (χ1v) is 41.1. The number of piperidine rings is 2. The van der Waals surface area contributed by atoms with Crippen molar-refractivity contribution in [1.82, 2.24) is 42.7 Å². The molecule has 1 aromatic heterocycles. The molecule has 7 heterocycles. The van der Waals surface area contributed by atoms with E-state index >= 15 is 0 Å². The minimum Gasteiger partial charge on any atom is -0.368 e. The van der Waals surface area contributed by atoms with E-state index in [1.54, 1.807) is 79.3 Å². The Morgan fingerprint density at radius 2 is 0.664 bits per heavy atom. The molecular formula is C83H91Cl2FN22O20. The maximum atomic E-state index is 14.0. The van der Waals surface area contributed by atoms with Crippen molar-refractivity contribution in [2.75, 3.05) is 175 Å². The van der Waals surface area contributed by atoms with Crippen LogP contribution in [0.4, 0.5) is 84.3 Å². The van der Waals surface area contributed by atoms with Crippen LogP contribution in [0.1, 0.15) is 77.5 Å². The van der Waals surface area contributed by atoms with Gasteiger partial charge in [0.15, 0.2) is 0 Å². The highest BCUT2D eigenvalue weighted by Gasteiger charge is 2.37. The summed E-state index contributed by atoms with van der Waals surface area (Å²) in [6.45, 7) is 12.0. The second kappa shape index (κ2) is 45.0. The van der Waals surface area contributed by atoms with Crippen molar-refractivity contribution < 1.29 is 79.0 Å². The minimum absolute atomic E-state index is 0.0149. The summed E-state index contributed by atoms with van der Waals surface area (Å²) in [6.07, 6.45) is 7.62. The smallest absolute Gasteiger partial charge is 0.293 e. The standard InChI is InChI=1S/2C17H17ClN4O4.C17H17FN4O4.C17H24N4O4.C15H16N6O4/c18-12-3-1-4-13(11-12)20-7-9-21(10-8-20)16-14(17(23)19-24)5-2-6-15(16)22(25)26;18-12-2-1-3-13(10-12)20-6-8-21(9-7-20)16-5-4-14(22(25)26)11-15(16)17(23)19-24;18-13-5-1-2-6-14(13)20-8-10-21(11-9-20)16-12(17(23)19-24)4-3-7-15(16)22(25)26;22-17(19-23)14-2-1-3-15(21(24)25)16(14)20-10-6-13(7-11-20)12-4-8-18-9-5-12;22-14(18-23)11-3-1-4-12(21(24)25)13(11)19-7-9-20(10-8-19)15-16-5-2-6-17-15/h1-6,11,24H,7-10H2,(H,19,23);1-5,10-11,24H,6-9H2,(H,19,23);1-7,24H,8-11H2,(H,19,23);1-3,12-13,18,23H,4-11H2,(H,19,22);1-6,23H,7-10H2,(H,18,22). The zero-order valence-electron chi connectivity index (χ0n) is 68.6. The van der Waals surface area contributed by atoms with E-state index in [1.807, 2.05) is 62.1 Å². The van der Waals surface area contributed by atoms with Gasteiger partial charge in [0.1, 0.15) is 28.6 Å². The zero-order chi connectivity index (χ0) is 91.7. The summed E-state index contributed by atoms with van der Waals surface area (Å²) in [5, 5.41) is 106. The molecule has 0 aliphatic carbocycles. The number of carbonyl (C=O) groups excluding carboxylic acids is 5. The van der Waals surface area contributed by atoms with Crippen molar-refractivity contribution in [3.05, 3.63) is 277 Å². The first kappa shape index (κ1) is 94.3. The molecule has 6 fully saturated rings. The van der Waals surface area contributed by atoms with Crippen LogP contribution in [0.5, 0.6) is 0 Å². The molecule has 9 aromatic rings. The van der Waals surface area contributed by atoms with Crippen molar-refractivity contribution in [3.8, 4) is 0 Å². The van der Waals surface area contributed by atoms with Gasteiger partial charge in [0.25, 0.3) is 58.0 Å². The molecule has 0 bridgehead atoms. The lowest BCUT2D eigenvalue weighted by molar-refractivity contribution is -0.384. The number of amides is 5. The van der Waals surface area contributed by atoms with Crippen LogP contribution in [-0.2, 0) is 0 Å². The van der Waals surface area contributed by atoms with Crippen molar-refractivity contribution in [2.24, 2.45) is 11.8 Å². The summed E-state index contributed by atoms with van der Waals surface area (Å²) in [6, 6.07) is 44.2. The second-order valence-electron chi connectivity index (χ2n) is 29.7. The number of hydroxylamine groups is 5. The average molecular weight is 1810 g/mol. The predicted molar refractivity (Wildman–Crippen MR) is 471 cm³/mol. The van der Waals surface area contributed by atoms with Gasteiger partial charge in [-0.3, -0.25) is 101 Å². The van der Waals surface area contributed by atoms with E-state index in [0.29, 0.717) is 157 Å². The number of anilines is 9. The number of piperazine rings is 4. The molecule has 45 heteroatoms. The van der Waals surface area contributed by atoms with Gasteiger partial charge in [-0.1, -0.05) is 71.7 Å². The van der Waals surface area contributed by atoms with E-state index in [4.69, 9.17) is 49.2 Å². The van der Waals surface area contributed by atoms with Gasteiger partial charge in [-0.2, -0.15) is 0 Å². The third-order valence-electron chi connectivity index (χ3n) is 22.5. The Morgan fingerprint density at radius 3 is 1.02 bits per heavy atom. The summed E-state index contributed by atoms with van der Waals surface area (Å²) in [4.78, 5) is 139. The highest BCUT2D eigenvalue weighted by molar-refractivity contribution is 6.31. The van der Waals surface area contributed by atoms with Gasteiger partial charge < -0.3 is 49.4 Å². The first-order valence-electron chi connectivity index (χ1n) is 40.3. The van der Waals surface area contributed by atoms with Crippen LogP contribution >= 0.6 is 23.2 Å². The monoisotopic (exact) mass is 1800 g/mol. The van der Waals surface area contributed by atoms with Gasteiger partial charge in [-0.15, -0.1) is 0 Å². The maximum absolute atomic E-state index is 14.0. The molecule has 6 saturated heterocycles. The van der Waals surface area contributed by atoms with Crippen LogP contribution in [0, 0.1) is 68.2 Å². The van der Waals surface area contributed by atoms with E-state index < -0.39 is 54.2 Å². The molecule has 42 nitrogen and oxygen atoms in total. The third-order valence-corrected chi connectivity index (χ3v) is 22.9. The average Bonchev–Trinajstić information content (AvgIpc) is 0.800. The molecule has 15 rings (SSSR count). The highest BCUT2D eigenvalue weighted by Crippen LogP contribution is 2.41. The first-order chi connectivity index (χ1) is 61.7. The predicted octanol–water partition coefficient (Wildman–Crippen LogP) is 10.3. The molecule has 128 heavy (non-hydrogen) atoms. The Bertz CT molecular complexity index is 5450. The Morgan fingerprint density at radius 1 is 0.344 bits per heavy atom. The quantitative estimate of drug-likeness (QED) is 0.0192. The largest absolute Gasteiger partial charge is 0.368 e. The van der Waals surface area contributed by atoms with E-state index in [0.717, 1.165) is 43.2 Å². The molecule has 8 aromatic carbocycles. The molecule has 6 aliphatic heterocycles. The number of non-ortho nitro benzene ring substituents is 1. The Balaban J connectivity index is 0.000000155. The minimum atomic E-state index is -0.819. The number of aromatic nitrogens is 2. The van der Waals surface area contributed by atoms with Gasteiger partial charge in [0, 0.05) is 188 Å². The molecule has 0 spiro atoms. The number of nitro benzene ring substituents is 5. The number of rotatable bonds is 20. The van der Waals surface area contributed by atoms with Gasteiger partial charge in [0.2, 0.25) is 5.95 Å². The summed E-state index contributed by atoms with van der Waals surface area (Å²) >= 11 is 12.1. The Hall–Kier alpha value is -14.3. The molecule has 0 radical (unpaired) electrons. The van der Waals surface area contributed by atoms with Gasteiger partial charge in [-0.25, -0.2) is 41.8 Å². The number of nitrogens with one attached hydrogen (secondary N) is 6. The number of benzene rings is 8. The lowest BCUT2D eigenvalue weighted by atomic mass is 9.79. The fourth-order valence-electron chi connectivity index (χ4n) is 16.3. The van der Waals surface area contributed by atoms with E-state index in [2.05, 4.69) is 25.1 Å². The molecule has 0 saturated carbocycles. The number of carbonyl (C=O) groups is 5. The fraction of sp³-hybridized carbons (Fsp3) is 0.313. The number of nitrogens with zero attached hydrogens (tertiary/aromatic N) is 16. The summed E-state index contributed by atoms with van der Waals surface area (Å²) < 4.78 is 14.0. The zero-order valence-corrected chi connectivity index (χ0v) is 70.1. The SMILES string of the molecule is O=C(NO)c1cc([N+](=O)[O-])ccc1N1CCN(c2cccc(Cl)c2)CC1.O=C(NO)c1cccc([N+](=O)[O-])c1N1CCC(C2CCNCC2)CC1.O=C(NO)c1cccc([N+](=O)[O-])c1N1CCN(c2cccc(Cl)c2)CC1.O=C(NO)c1cccc([N+](=O)[O-])c1N1CCN(c2ccccc2F)CC1.O=C(NO)c1cccc([N+](=O)[O-])c1N1CCN(c2ncccn2)CC1. The normalized spacial score (nSPS) is 15.3. The highest BCUT2D eigenvalue weighted by atomic mass is 35.5. The van der Waals surface area contributed by atoms with E-state index in [1.165, 1.54) is 115 Å². The molecule has 5 amide bonds. The molecular weight excluding hydrogens is 1710 g/mol. The third kappa shape index (κ3) is 23.4. The van der Waals surface area contributed by atoms with Gasteiger partial charge in [0.05, 0.1) is 63.8 Å². The van der Waals surface area contributed by atoms with Crippen molar-refractivity contribution >= 4 is 133 Å². The Kier molecular flexibility index (Phi) is 33.2. The topological polar surface area (TPSA) is 529 Å². The van der Waals surface area contributed by atoms with E-state index in [9.17, 15) is 78.9 Å². The number of halogens is 3. The van der Waals surface area contributed by atoms with Crippen molar-refractivity contribution in [1.29, 1.82) is 0 Å². The van der Waals surface area contributed by atoms with Crippen molar-refractivity contribution in [2.45, 2.75) is 25.7 Å². The van der Waals surface area contributed by atoms with Crippen LogP contribution < -0.4 is 76.8 Å². The van der Waals surface area contributed by atoms with Crippen LogP contribution in [0.3, 0.4) is 0 Å². The van der Waals surface area contributed by atoms with Crippen LogP contribution in [0.15, 0.2) is 182 Å². The Labute approximate surface area is 739 Å². The number of nitro groups is 5. The summed E-state index contributed by atoms with van der Waals surface area (Å²) in [5.41, 5.74) is 11.2. The van der Waals surface area contributed by atoms with Crippen LogP contribution in [0.2, 0.25) is 10.0 Å². The van der Waals surface area contributed by atoms with Crippen molar-refractivity contribution in [3.63, 3.8) is 0 Å². The molecule has 0 unspecified atom stereocenters. The van der Waals surface area contributed by atoms with E-state index in [-0.39, 0.29) is 79.1 Å². The van der Waals surface area contributed by atoms with Crippen LogP contribution in [-0.4, -0.2) is 221 Å². The van der Waals surface area contributed by atoms with Crippen LogP contribution in [0.25, 0.3) is 0 Å². The second-order valence-corrected chi connectivity index (χ2v) is 30.5. The number of para-hydroxylation sites is 5. The lowest BCUT2D eigenvalue weighted by Crippen LogP contribution is -2.47. The molecule has 0 atom stereocenters. The summed E-state index contributed by atoms with van der Waals surface area (Å²) in [5.74, 6) is -2.26. The number of hydrogen-bond donors (Lipinski definition) is 11. The molecule has 11 N–H and O–H groups in total. The van der Waals surface area contributed by atoms with Gasteiger partial charge >= 0.3 is 0 Å². The lowest BCUT2D eigenvalue weighted by Gasteiger charge is -2.39. The molecule has 6 aliphatic rings.